The molecular weight excluding hydrogens is 224 g/mol. The maximum absolute atomic E-state index is 11.4. The monoisotopic (exact) mass is 238 g/mol. The van der Waals surface area contributed by atoms with E-state index in [9.17, 15) is 9.90 Å². The lowest BCUT2D eigenvalue weighted by Crippen LogP contribution is -2.43. The Kier molecular flexibility index (Phi) is 2.70. The van der Waals surface area contributed by atoms with Gasteiger partial charge in [-0.05, 0) is 49.4 Å². The molecule has 1 aromatic rings. The maximum Gasteiger partial charge on any atom is 0.314 e. The number of rotatable bonds is 2. The zero-order valence-corrected chi connectivity index (χ0v) is 10.3. The Morgan fingerprint density at radius 1 is 1.38 bits per heavy atom. The summed E-state index contributed by atoms with van der Waals surface area (Å²) in [6.45, 7) is 3.85. The van der Waals surface area contributed by atoms with Gasteiger partial charge in [-0.1, -0.05) is 24.1 Å². The molecule has 86 valence electrons. The lowest BCUT2D eigenvalue weighted by atomic mass is 9.63. The molecule has 0 aliphatic heterocycles. The number of halogens is 1. The Morgan fingerprint density at radius 2 is 2.00 bits per heavy atom. The van der Waals surface area contributed by atoms with Crippen molar-refractivity contribution in [1.82, 2.24) is 0 Å². The van der Waals surface area contributed by atoms with Gasteiger partial charge in [-0.25, -0.2) is 0 Å². The molecule has 1 aliphatic rings. The highest BCUT2D eigenvalue weighted by atomic mass is 35.5. The minimum Gasteiger partial charge on any atom is -0.481 e. The van der Waals surface area contributed by atoms with Crippen molar-refractivity contribution >= 4 is 17.6 Å². The number of carbonyl (C=O) groups is 1. The lowest BCUT2D eigenvalue weighted by Gasteiger charge is -2.39. The third-order valence-corrected chi connectivity index (χ3v) is 4.01. The highest BCUT2D eigenvalue weighted by Gasteiger charge is 2.47. The minimum atomic E-state index is -0.719. The van der Waals surface area contributed by atoms with Crippen LogP contribution < -0.4 is 0 Å². The molecule has 16 heavy (non-hydrogen) atoms. The molecule has 0 heterocycles. The summed E-state index contributed by atoms with van der Waals surface area (Å²) >= 11 is 6.12. The van der Waals surface area contributed by atoms with Crippen LogP contribution in [0.15, 0.2) is 12.1 Å². The van der Waals surface area contributed by atoms with Crippen molar-refractivity contribution in [1.29, 1.82) is 0 Å². The third kappa shape index (κ3) is 1.52. The molecule has 1 aromatic carbocycles. The van der Waals surface area contributed by atoms with Gasteiger partial charge in [0.1, 0.15) is 0 Å². The molecule has 0 spiro atoms. The second-order valence-corrected chi connectivity index (χ2v) is 5.07. The van der Waals surface area contributed by atoms with Crippen LogP contribution in [-0.2, 0) is 10.2 Å². The Morgan fingerprint density at radius 3 is 2.44 bits per heavy atom. The van der Waals surface area contributed by atoms with Crippen molar-refractivity contribution in [2.75, 3.05) is 0 Å². The van der Waals surface area contributed by atoms with Gasteiger partial charge in [-0.15, -0.1) is 0 Å². The molecule has 1 N–H and O–H groups in total. The van der Waals surface area contributed by atoms with Gasteiger partial charge in [-0.3, -0.25) is 4.79 Å². The van der Waals surface area contributed by atoms with E-state index in [4.69, 9.17) is 11.6 Å². The average molecular weight is 239 g/mol. The largest absolute Gasteiger partial charge is 0.481 e. The first-order valence-corrected chi connectivity index (χ1v) is 5.86. The zero-order chi connectivity index (χ0) is 11.9. The van der Waals surface area contributed by atoms with E-state index >= 15 is 0 Å². The zero-order valence-electron chi connectivity index (χ0n) is 9.51. The van der Waals surface area contributed by atoms with Gasteiger partial charge < -0.3 is 5.11 Å². The van der Waals surface area contributed by atoms with Gasteiger partial charge in [0.25, 0.3) is 0 Å². The summed E-state index contributed by atoms with van der Waals surface area (Å²) in [4.78, 5) is 11.4. The average Bonchev–Trinajstić information content (AvgIpc) is 2.10. The van der Waals surface area contributed by atoms with Gasteiger partial charge in [0.2, 0.25) is 0 Å². The van der Waals surface area contributed by atoms with E-state index in [1.165, 1.54) is 0 Å². The molecule has 1 fully saturated rings. The fraction of sp³-hybridized carbons (Fsp3) is 0.462. The Bertz CT molecular complexity index is 447. The normalized spacial score (nSPS) is 17.9. The summed E-state index contributed by atoms with van der Waals surface area (Å²) < 4.78 is 0. The molecule has 0 atom stereocenters. The van der Waals surface area contributed by atoms with Gasteiger partial charge in [0.15, 0.2) is 0 Å². The molecule has 1 saturated carbocycles. The van der Waals surface area contributed by atoms with E-state index in [1.54, 1.807) is 0 Å². The van der Waals surface area contributed by atoms with E-state index in [0.29, 0.717) is 5.02 Å². The van der Waals surface area contributed by atoms with Gasteiger partial charge >= 0.3 is 5.97 Å². The van der Waals surface area contributed by atoms with Gasteiger partial charge in [0, 0.05) is 5.02 Å². The summed E-state index contributed by atoms with van der Waals surface area (Å²) in [6.07, 6.45) is 2.43. The molecule has 0 aromatic heterocycles. The fourth-order valence-corrected chi connectivity index (χ4v) is 2.71. The molecule has 0 amide bonds. The number of carboxylic acids is 1. The van der Waals surface area contributed by atoms with Crippen LogP contribution in [0.3, 0.4) is 0 Å². The van der Waals surface area contributed by atoms with Crippen molar-refractivity contribution in [3.8, 4) is 0 Å². The second-order valence-electron chi connectivity index (χ2n) is 4.66. The molecule has 1 aliphatic carbocycles. The highest BCUT2D eigenvalue weighted by Crippen LogP contribution is 2.46. The van der Waals surface area contributed by atoms with Gasteiger partial charge in [-0.2, -0.15) is 0 Å². The molecule has 2 rings (SSSR count). The number of hydrogen-bond donors (Lipinski definition) is 1. The van der Waals surface area contributed by atoms with E-state index in [1.807, 2.05) is 26.0 Å². The van der Waals surface area contributed by atoms with Crippen LogP contribution >= 0.6 is 11.6 Å². The Balaban J connectivity index is 2.59. The van der Waals surface area contributed by atoms with Crippen molar-refractivity contribution < 1.29 is 9.90 Å². The van der Waals surface area contributed by atoms with Crippen LogP contribution in [0.4, 0.5) is 0 Å². The molecular formula is C13H15ClO2. The van der Waals surface area contributed by atoms with Crippen molar-refractivity contribution in [3.63, 3.8) is 0 Å². The summed E-state index contributed by atoms with van der Waals surface area (Å²) in [5.74, 6) is -0.719. The second kappa shape index (κ2) is 3.77. The molecule has 2 nitrogen and oxygen atoms in total. The van der Waals surface area contributed by atoms with E-state index in [2.05, 4.69) is 0 Å². The van der Waals surface area contributed by atoms with Crippen molar-refractivity contribution in [2.45, 2.75) is 38.5 Å². The number of carboxylic acid groups (broad SMARTS) is 1. The molecule has 0 saturated heterocycles. The third-order valence-electron chi connectivity index (χ3n) is 3.62. The van der Waals surface area contributed by atoms with Gasteiger partial charge in [0.05, 0.1) is 5.41 Å². The summed E-state index contributed by atoms with van der Waals surface area (Å²) in [6, 6.07) is 3.85. The van der Waals surface area contributed by atoms with E-state index in [-0.39, 0.29) is 0 Å². The Labute approximate surface area is 100 Å². The first kappa shape index (κ1) is 11.5. The molecule has 3 heteroatoms. The Hall–Kier alpha value is -1.02. The van der Waals surface area contributed by atoms with Crippen LogP contribution in [0.5, 0.6) is 0 Å². The predicted octanol–water partition coefficient (Wildman–Crippen LogP) is 3.46. The summed E-state index contributed by atoms with van der Waals surface area (Å²) in [7, 11) is 0. The lowest BCUT2D eigenvalue weighted by molar-refractivity contribution is -0.147. The van der Waals surface area contributed by atoms with E-state index in [0.717, 1.165) is 36.0 Å². The van der Waals surface area contributed by atoms with Crippen LogP contribution in [0, 0.1) is 13.8 Å². The van der Waals surface area contributed by atoms with Crippen LogP contribution in [-0.4, -0.2) is 11.1 Å². The molecule has 0 radical (unpaired) electrons. The minimum absolute atomic E-state index is 0.669. The number of aryl methyl sites for hydroxylation is 1. The van der Waals surface area contributed by atoms with Crippen LogP contribution in [0.1, 0.15) is 36.0 Å². The molecule has 0 unspecified atom stereocenters. The fourth-order valence-electron chi connectivity index (χ4n) is 2.44. The summed E-state index contributed by atoms with van der Waals surface area (Å²) in [5, 5.41) is 10.1. The predicted molar refractivity (Wildman–Crippen MR) is 64.1 cm³/mol. The first-order valence-electron chi connectivity index (χ1n) is 5.48. The SMILES string of the molecule is Cc1cc(Cl)c(C)c(C2(C(=O)O)CCC2)c1. The summed E-state index contributed by atoms with van der Waals surface area (Å²) in [5.41, 5.74) is 2.16. The molecule has 0 bridgehead atoms. The number of aliphatic carboxylic acids is 1. The quantitative estimate of drug-likeness (QED) is 0.857. The van der Waals surface area contributed by atoms with Crippen molar-refractivity contribution in [3.05, 3.63) is 33.8 Å². The first-order chi connectivity index (χ1) is 7.47. The number of hydrogen-bond acceptors (Lipinski definition) is 1. The topological polar surface area (TPSA) is 37.3 Å². The van der Waals surface area contributed by atoms with Crippen molar-refractivity contribution in [2.24, 2.45) is 0 Å². The standard InChI is InChI=1S/C13H15ClO2/c1-8-6-10(9(2)11(14)7-8)13(12(15)16)4-3-5-13/h6-7H,3-5H2,1-2H3,(H,15,16). The maximum atomic E-state index is 11.4. The van der Waals surface area contributed by atoms with Crippen LogP contribution in [0.2, 0.25) is 5.02 Å². The smallest absolute Gasteiger partial charge is 0.314 e. The van der Waals surface area contributed by atoms with E-state index < -0.39 is 11.4 Å². The number of benzene rings is 1. The van der Waals surface area contributed by atoms with Crippen LogP contribution in [0.25, 0.3) is 0 Å². The highest BCUT2D eigenvalue weighted by molar-refractivity contribution is 6.31.